The molecule has 0 aliphatic heterocycles. The summed E-state index contributed by atoms with van der Waals surface area (Å²) in [6.45, 7) is 4.25. The second-order valence-electron chi connectivity index (χ2n) is 19.3. The summed E-state index contributed by atoms with van der Waals surface area (Å²) in [6.07, 6.45) is 11.2. The minimum atomic E-state index is 0.528. The normalized spacial score (nSPS) is 12.3. The van der Waals surface area contributed by atoms with Crippen LogP contribution < -0.4 is 0 Å². The Labute approximate surface area is 433 Å². The number of nitrogens with zero attached hydrogens (tertiary/aromatic N) is 4. The Bertz CT molecular complexity index is 4630. The number of benzene rings is 10. The zero-order valence-electron chi connectivity index (χ0n) is 41.5. The molecule has 0 N–H and O–H groups in total. The van der Waals surface area contributed by atoms with E-state index in [9.17, 15) is 0 Å². The molecule has 6 heteroatoms. The van der Waals surface area contributed by atoms with Crippen LogP contribution in [-0.4, -0.2) is 19.5 Å². The highest BCUT2D eigenvalue weighted by Gasteiger charge is 2.26. The molecule has 0 amide bonds. The zero-order chi connectivity index (χ0) is 50.0. The third-order valence-corrected chi connectivity index (χ3v) is 14.4. The fourth-order valence-electron chi connectivity index (χ4n) is 11.2. The van der Waals surface area contributed by atoms with Crippen LogP contribution in [0.25, 0.3) is 151 Å². The van der Waals surface area contributed by atoms with Gasteiger partial charge in [0.15, 0.2) is 11.6 Å². The molecule has 0 spiro atoms. The maximum Gasteiger partial charge on any atom is 0.238 e. The Morgan fingerprint density at radius 1 is 0.373 bits per heavy atom. The van der Waals surface area contributed by atoms with Gasteiger partial charge in [0, 0.05) is 54.6 Å². The molecule has 0 radical (unpaired) electrons. The molecule has 0 atom stereocenters. The van der Waals surface area contributed by atoms with E-state index in [1.165, 1.54) is 22.8 Å². The van der Waals surface area contributed by atoms with E-state index < -0.39 is 0 Å². The Morgan fingerprint density at radius 2 is 0.907 bits per heavy atom. The molecule has 0 fully saturated rings. The number of furan rings is 2. The highest BCUT2D eigenvalue weighted by atomic mass is 16.3. The summed E-state index contributed by atoms with van der Waals surface area (Å²) in [5, 5.41) is 9.00. The van der Waals surface area contributed by atoms with Crippen molar-refractivity contribution in [1.29, 1.82) is 0 Å². The summed E-state index contributed by atoms with van der Waals surface area (Å²) in [6, 6.07) is 72.5. The van der Waals surface area contributed by atoms with Crippen LogP contribution in [0.4, 0.5) is 0 Å². The van der Waals surface area contributed by atoms with Crippen LogP contribution in [0.1, 0.15) is 37.8 Å². The monoisotopic (exact) mass is 964 g/mol. The van der Waals surface area contributed by atoms with Gasteiger partial charge in [-0.25, -0.2) is 4.98 Å². The number of aromatic nitrogens is 4. The summed E-state index contributed by atoms with van der Waals surface area (Å²) >= 11 is 0. The van der Waals surface area contributed by atoms with Crippen molar-refractivity contribution in [3.63, 3.8) is 0 Å². The lowest BCUT2D eigenvalue weighted by molar-refractivity contribution is 0.668. The van der Waals surface area contributed by atoms with Crippen LogP contribution in [0.2, 0.25) is 0 Å². The molecular formula is C69H48N4O2. The molecule has 15 rings (SSSR count). The first-order valence-electron chi connectivity index (χ1n) is 25.8. The van der Waals surface area contributed by atoms with E-state index in [4.69, 9.17) is 23.8 Å². The average Bonchev–Trinajstić information content (AvgIpc) is 4.13. The second kappa shape index (κ2) is 18.1. The Hall–Kier alpha value is -9.65. The molecule has 4 aromatic heterocycles. The van der Waals surface area contributed by atoms with Crippen LogP contribution in [0.3, 0.4) is 0 Å². The fraction of sp³-hybridized carbons (Fsp3) is 0.0580. The SMILES string of the molecule is C1=Cc2c(c3c(c4ccccc24)c2cccc(-c4cccc(-c5cccc(-c6cccc7oc8ccccc8c67)c5)c4)c2n3-c2nc(-c3ccccc3)nc(-c3ccc4c(c3)oc3ccccc34)n2)C=CC1.CCC. The average molecular weight is 965 g/mol. The summed E-state index contributed by atoms with van der Waals surface area (Å²) in [4.78, 5) is 16.2. The van der Waals surface area contributed by atoms with Gasteiger partial charge in [0.2, 0.25) is 5.95 Å². The van der Waals surface area contributed by atoms with Gasteiger partial charge in [0.05, 0.1) is 11.0 Å². The number of para-hydroxylation sites is 3. The van der Waals surface area contributed by atoms with Gasteiger partial charge in [-0.1, -0.05) is 208 Å². The minimum Gasteiger partial charge on any atom is -0.456 e. The molecule has 14 aromatic rings. The van der Waals surface area contributed by atoms with Gasteiger partial charge in [0.1, 0.15) is 22.3 Å². The highest BCUT2D eigenvalue weighted by molar-refractivity contribution is 6.27. The van der Waals surface area contributed by atoms with Crippen LogP contribution in [0, 0.1) is 0 Å². The van der Waals surface area contributed by atoms with Crippen molar-refractivity contribution in [3.8, 4) is 62.1 Å². The number of hydrogen-bond acceptors (Lipinski definition) is 5. The van der Waals surface area contributed by atoms with E-state index in [0.29, 0.717) is 17.6 Å². The maximum atomic E-state index is 6.43. The molecule has 0 unspecified atom stereocenters. The highest BCUT2D eigenvalue weighted by Crippen LogP contribution is 2.46. The van der Waals surface area contributed by atoms with Crippen molar-refractivity contribution in [3.05, 3.63) is 230 Å². The Kier molecular flexibility index (Phi) is 10.7. The largest absolute Gasteiger partial charge is 0.456 e. The molecule has 10 aromatic carbocycles. The maximum absolute atomic E-state index is 6.43. The van der Waals surface area contributed by atoms with Gasteiger partial charge in [-0.2, -0.15) is 9.97 Å². The van der Waals surface area contributed by atoms with E-state index in [-0.39, 0.29) is 0 Å². The topological polar surface area (TPSA) is 69.9 Å². The number of rotatable bonds is 6. The molecule has 6 nitrogen and oxygen atoms in total. The quantitative estimate of drug-likeness (QED) is 0.166. The molecule has 4 heterocycles. The summed E-state index contributed by atoms with van der Waals surface area (Å²) in [5.41, 5.74) is 16.1. The van der Waals surface area contributed by atoms with E-state index in [0.717, 1.165) is 122 Å². The lowest BCUT2D eigenvalue weighted by Gasteiger charge is -2.16. The third kappa shape index (κ3) is 7.36. The fourth-order valence-corrected chi connectivity index (χ4v) is 11.2. The van der Waals surface area contributed by atoms with Gasteiger partial charge >= 0.3 is 0 Å². The second-order valence-corrected chi connectivity index (χ2v) is 19.3. The number of allylic oxidation sites excluding steroid dienone is 2. The molecule has 0 bridgehead atoms. The van der Waals surface area contributed by atoms with Crippen LogP contribution in [0.15, 0.2) is 227 Å². The number of hydrogen-bond donors (Lipinski definition) is 0. The van der Waals surface area contributed by atoms with Crippen molar-refractivity contribution in [2.45, 2.75) is 26.7 Å². The third-order valence-electron chi connectivity index (χ3n) is 14.4. The van der Waals surface area contributed by atoms with Crippen molar-refractivity contribution >= 4 is 88.6 Å². The molecule has 1 aliphatic rings. The van der Waals surface area contributed by atoms with Gasteiger partial charge in [-0.05, 0) is 93.0 Å². The lowest BCUT2D eigenvalue weighted by atomic mass is 9.93. The molecule has 1 aliphatic carbocycles. The van der Waals surface area contributed by atoms with E-state index in [2.05, 4.69) is 200 Å². The summed E-state index contributed by atoms with van der Waals surface area (Å²) < 4.78 is 15.1. The predicted octanol–water partition coefficient (Wildman–Crippen LogP) is 19.1. The molecule has 0 saturated carbocycles. The van der Waals surface area contributed by atoms with Gasteiger partial charge in [0.25, 0.3) is 0 Å². The first-order valence-corrected chi connectivity index (χ1v) is 25.8. The zero-order valence-corrected chi connectivity index (χ0v) is 41.5. The van der Waals surface area contributed by atoms with E-state index in [1.54, 1.807) is 0 Å². The smallest absolute Gasteiger partial charge is 0.238 e. The van der Waals surface area contributed by atoms with Crippen molar-refractivity contribution < 1.29 is 8.83 Å². The van der Waals surface area contributed by atoms with Crippen LogP contribution in [-0.2, 0) is 0 Å². The standard InChI is InChI=1S/C66H40N4O2.C3H8/c1-3-17-40(18-4-1)64-67-65(45-35-36-51-50-25-9-11-32-56(50)72-59(51)39-45)69-66(68-64)70-62-47(30-15-31-55(62)61-52-26-8-7-24-48(52)49-23-5-2-6-27-53(49)63(61)70)44-22-14-20-42(38-44)41-19-13-21-43(37-41)46-29-16-34-58-60(46)54-28-10-12-33-57(54)71-58;1-3-2/h1,3-39H,2H2;3H2,1-2H3. The summed E-state index contributed by atoms with van der Waals surface area (Å²) in [5.74, 6) is 1.66. The lowest BCUT2D eigenvalue weighted by Crippen LogP contribution is -2.08. The molecule has 356 valence electrons. The summed E-state index contributed by atoms with van der Waals surface area (Å²) in [7, 11) is 0. The minimum absolute atomic E-state index is 0.528. The van der Waals surface area contributed by atoms with Gasteiger partial charge in [-0.3, -0.25) is 4.57 Å². The van der Waals surface area contributed by atoms with Crippen LogP contribution >= 0.6 is 0 Å². The Morgan fingerprint density at radius 3 is 1.68 bits per heavy atom. The van der Waals surface area contributed by atoms with E-state index >= 15 is 0 Å². The predicted molar refractivity (Wildman–Crippen MR) is 312 cm³/mol. The van der Waals surface area contributed by atoms with Gasteiger partial charge < -0.3 is 8.83 Å². The van der Waals surface area contributed by atoms with Crippen LogP contribution in [0.5, 0.6) is 0 Å². The molecule has 75 heavy (non-hydrogen) atoms. The van der Waals surface area contributed by atoms with Gasteiger partial charge in [-0.15, -0.1) is 0 Å². The first-order chi connectivity index (χ1) is 37.1. The number of fused-ring (bicyclic) bond motifs is 14. The molecular weight excluding hydrogens is 917 g/mol. The first kappa shape index (κ1) is 44.1. The van der Waals surface area contributed by atoms with Crippen molar-refractivity contribution in [2.75, 3.05) is 0 Å². The van der Waals surface area contributed by atoms with Crippen molar-refractivity contribution in [1.82, 2.24) is 19.5 Å². The van der Waals surface area contributed by atoms with Crippen molar-refractivity contribution in [2.24, 2.45) is 0 Å². The van der Waals surface area contributed by atoms with E-state index in [1.807, 2.05) is 48.5 Å². The Balaban J connectivity index is 0.00000168. The molecule has 0 saturated heterocycles.